The monoisotopic (exact) mass is 407 g/mol. The minimum atomic E-state index is -0.138. The third-order valence-corrected chi connectivity index (χ3v) is 5.58. The fourth-order valence-electron chi connectivity index (χ4n) is 2.56. The molecule has 1 aliphatic rings. The van der Waals surface area contributed by atoms with Crippen molar-refractivity contribution >= 4 is 45.9 Å². The number of amidine groups is 1. The molecular weight excluding hydrogens is 390 g/mol. The summed E-state index contributed by atoms with van der Waals surface area (Å²) in [5.74, 6) is 0.627. The number of carbonyl (C=O) groups is 1. The Morgan fingerprint density at radius 1 is 1.18 bits per heavy atom. The predicted octanol–water partition coefficient (Wildman–Crippen LogP) is 4.92. The summed E-state index contributed by atoms with van der Waals surface area (Å²) in [6.45, 7) is 2.44. The van der Waals surface area contributed by atoms with Crippen LogP contribution in [0.5, 0.6) is 5.75 Å². The van der Waals surface area contributed by atoms with E-state index in [0.29, 0.717) is 16.7 Å². The maximum atomic E-state index is 12.3. The van der Waals surface area contributed by atoms with E-state index >= 15 is 0 Å². The van der Waals surface area contributed by atoms with E-state index < -0.39 is 0 Å². The van der Waals surface area contributed by atoms with Crippen molar-refractivity contribution in [1.82, 2.24) is 10.3 Å². The number of hydrogen-bond acceptors (Lipinski definition) is 6. The van der Waals surface area contributed by atoms with E-state index in [-0.39, 0.29) is 5.91 Å². The Balaban J connectivity index is 1.43. The molecule has 0 unspecified atom stereocenters. The van der Waals surface area contributed by atoms with E-state index in [4.69, 9.17) is 4.74 Å². The molecule has 0 atom stereocenters. The van der Waals surface area contributed by atoms with Crippen molar-refractivity contribution in [2.24, 2.45) is 4.99 Å². The third kappa shape index (κ3) is 4.49. The van der Waals surface area contributed by atoms with Gasteiger partial charge < -0.3 is 10.1 Å². The summed E-state index contributed by atoms with van der Waals surface area (Å²) in [7, 11) is 0. The van der Waals surface area contributed by atoms with Crippen LogP contribution in [0.3, 0.4) is 0 Å². The number of carbonyl (C=O) groups excluding carboxylic acids is 1. The number of aromatic nitrogens is 1. The number of nitrogens with zero attached hydrogens (tertiary/aromatic N) is 2. The molecule has 0 aliphatic carbocycles. The quantitative estimate of drug-likeness (QED) is 0.610. The summed E-state index contributed by atoms with van der Waals surface area (Å²) in [5, 5.41) is 5.38. The number of benzene rings is 2. The van der Waals surface area contributed by atoms with Gasteiger partial charge in [-0.1, -0.05) is 30.3 Å². The number of ether oxygens (including phenoxy) is 1. The maximum absolute atomic E-state index is 12.3. The first-order valence-corrected chi connectivity index (χ1v) is 10.4. The Morgan fingerprint density at radius 2 is 2.00 bits per heavy atom. The van der Waals surface area contributed by atoms with Crippen molar-refractivity contribution in [3.8, 4) is 5.75 Å². The minimum absolute atomic E-state index is 0.138. The molecule has 2 heterocycles. The van der Waals surface area contributed by atoms with Crippen molar-refractivity contribution in [3.63, 3.8) is 0 Å². The first kappa shape index (κ1) is 18.5. The summed E-state index contributed by atoms with van der Waals surface area (Å²) in [5.41, 5.74) is 5.55. The zero-order valence-corrected chi connectivity index (χ0v) is 16.7. The van der Waals surface area contributed by atoms with Crippen molar-refractivity contribution in [2.75, 3.05) is 0 Å². The number of amides is 1. The molecule has 0 radical (unpaired) electrons. The second-order valence-electron chi connectivity index (χ2n) is 6.11. The lowest BCUT2D eigenvalue weighted by Crippen LogP contribution is -2.19. The van der Waals surface area contributed by atoms with Crippen LogP contribution < -0.4 is 10.1 Å². The number of thioether (sulfide) groups is 1. The summed E-state index contributed by atoms with van der Waals surface area (Å²) in [6.07, 6.45) is 1.85. The lowest BCUT2D eigenvalue weighted by Gasteiger charge is -2.04. The molecule has 3 aromatic rings. The van der Waals surface area contributed by atoms with Crippen LogP contribution in [0.15, 0.2) is 69.3 Å². The largest absolute Gasteiger partial charge is 0.487 e. The maximum Gasteiger partial charge on any atom is 0.264 e. The highest BCUT2D eigenvalue weighted by molar-refractivity contribution is 8.18. The number of aliphatic imine (C=N–C) groups is 1. The molecule has 0 bridgehead atoms. The molecule has 5 nitrogen and oxygen atoms in total. The van der Waals surface area contributed by atoms with Crippen molar-refractivity contribution in [2.45, 2.75) is 13.5 Å². The van der Waals surface area contributed by atoms with Gasteiger partial charge in [0.25, 0.3) is 5.91 Å². The summed E-state index contributed by atoms with van der Waals surface area (Å²) in [4.78, 5) is 21.6. The van der Waals surface area contributed by atoms with Gasteiger partial charge in [-0.25, -0.2) is 9.98 Å². The molecule has 0 saturated carbocycles. The van der Waals surface area contributed by atoms with Gasteiger partial charge in [0.1, 0.15) is 12.4 Å². The van der Waals surface area contributed by atoms with E-state index in [1.165, 1.54) is 11.8 Å². The van der Waals surface area contributed by atoms with Crippen molar-refractivity contribution in [1.29, 1.82) is 0 Å². The Labute approximate surface area is 171 Å². The normalized spacial score (nSPS) is 16.5. The molecule has 140 valence electrons. The summed E-state index contributed by atoms with van der Waals surface area (Å²) < 4.78 is 5.71. The van der Waals surface area contributed by atoms with Gasteiger partial charge in [0.15, 0.2) is 5.17 Å². The summed E-state index contributed by atoms with van der Waals surface area (Å²) in [6, 6.07) is 15.5. The third-order valence-electron chi connectivity index (χ3n) is 4.04. The fraction of sp³-hybridized carbons (Fsp3) is 0.0952. The first-order chi connectivity index (χ1) is 13.7. The average molecular weight is 408 g/mol. The second kappa shape index (κ2) is 8.41. The van der Waals surface area contributed by atoms with Crippen LogP contribution in [-0.4, -0.2) is 16.1 Å². The molecule has 2 aromatic carbocycles. The van der Waals surface area contributed by atoms with Crippen LogP contribution >= 0.6 is 23.1 Å². The van der Waals surface area contributed by atoms with Crippen LogP contribution in [0, 0.1) is 6.92 Å². The van der Waals surface area contributed by atoms with Gasteiger partial charge in [0, 0.05) is 5.38 Å². The second-order valence-corrected chi connectivity index (χ2v) is 7.86. The van der Waals surface area contributed by atoms with Gasteiger partial charge in [-0.3, -0.25) is 4.79 Å². The molecule has 1 amide bonds. The van der Waals surface area contributed by atoms with E-state index in [1.54, 1.807) is 16.8 Å². The van der Waals surface area contributed by atoms with Crippen LogP contribution in [0.4, 0.5) is 5.69 Å². The number of aryl methyl sites for hydroxylation is 1. The van der Waals surface area contributed by atoms with Crippen molar-refractivity contribution < 1.29 is 9.53 Å². The lowest BCUT2D eigenvalue weighted by molar-refractivity contribution is -0.115. The van der Waals surface area contributed by atoms with E-state index in [2.05, 4.69) is 15.3 Å². The molecule has 1 saturated heterocycles. The lowest BCUT2D eigenvalue weighted by atomic mass is 10.2. The molecule has 28 heavy (non-hydrogen) atoms. The molecule has 0 spiro atoms. The minimum Gasteiger partial charge on any atom is -0.487 e. The fourth-order valence-corrected chi connectivity index (χ4v) is 3.93. The Morgan fingerprint density at radius 3 is 2.75 bits per heavy atom. The van der Waals surface area contributed by atoms with E-state index in [0.717, 1.165) is 28.3 Å². The Kier molecular flexibility index (Phi) is 5.55. The topological polar surface area (TPSA) is 63.6 Å². The SMILES string of the molecule is Cc1ccccc1N=C1NC(=O)/C(=C\c2ccc(OCc3cscn3)cc2)S1. The molecule has 4 rings (SSSR count). The number of hydrogen-bond donors (Lipinski definition) is 1. The van der Waals surface area contributed by atoms with Gasteiger partial charge >= 0.3 is 0 Å². The molecule has 7 heteroatoms. The number of rotatable bonds is 5. The zero-order valence-electron chi connectivity index (χ0n) is 15.1. The highest BCUT2D eigenvalue weighted by Crippen LogP contribution is 2.29. The smallest absolute Gasteiger partial charge is 0.264 e. The van der Waals surface area contributed by atoms with Gasteiger partial charge in [-0.05, 0) is 54.1 Å². The molecular formula is C21H17N3O2S2. The number of thiazole rings is 1. The highest BCUT2D eigenvalue weighted by atomic mass is 32.2. The van der Waals surface area contributed by atoms with Crippen LogP contribution in [-0.2, 0) is 11.4 Å². The predicted molar refractivity (Wildman–Crippen MR) is 115 cm³/mol. The van der Waals surface area contributed by atoms with E-state index in [1.807, 2.05) is 66.9 Å². The van der Waals surface area contributed by atoms with Gasteiger partial charge in [-0.15, -0.1) is 11.3 Å². The first-order valence-electron chi connectivity index (χ1n) is 8.62. The van der Waals surface area contributed by atoms with Crippen LogP contribution in [0.2, 0.25) is 0 Å². The molecule has 1 fully saturated rings. The van der Waals surface area contributed by atoms with Gasteiger partial charge in [-0.2, -0.15) is 0 Å². The molecule has 1 aromatic heterocycles. The van der Waals surface area contributed by atoms with E-state index in [9.17, 15) is 4.79 Å². The van der Waals surface area contributed by atoms with Crippen LogP contribution in [0.25, 0.3) is 6.08 Å². The van der Waals surface area contributed by atoms with Crippen LogP contribution in [0.1, 0.15) is 16.8 Å². The van der Waals surface area contributed by atoms with Gasteiger partial charge in [0.2, 0.25) is 0 Å². The zero-order chi connectivity index (χ0) is 19.3. The number of nitrogens with one attached hydrogen (secondary N) is 1. The Hall–Kier alpha value is -2.90. The standard InChI is InChI=1S/C21H17N3O2S2/c1-14-4-2-3-5-18(14)23-21-24-20(25)19(28-21)10-15-6-8-17(9-7-15)26-11-16-12-27-13-22-16/h2-10,12-13H,11H2,1H3,(H,23,24,25)/b19-10+. The molecule has 1 N–H and O–H groups in total. The molecule has 1 aliphatic heterocycles. The summed E-state index contributed by atoms with van der Waals surface area (Å²) >= 11 is 2.89. The average Bonchev–Trinajstić information content (AvgIpc) is 3.33. The number of para-hydroxylation sites is 1. The van der Waals surface area contributed by atoms with Gasteiger partial charge in [0.05, 0.1) is 21.8 Å². The highest BCUT2D eigenvalue weighted by Gasteiger charge is 2.23. The van der Waals surface area contributed by atoms with Crippen molar-refractivity contribution in [3.05, 3.63) is 81.1 Å². The Bertz CT molecular complexity index is 1040.